The zero-order valence-corrected chi connectivity index (χ0v) is 16.1. The molecule has 7 heteroatoms. The summed E-state index contributed by atoms with van der Waals surface area (Å²) in [5, 5.41) is 6.18. The summed E-state index contributed by atoms with van der Waals surface area (Å²) in [7, 11) is 1.65. The van der Waals surface area contributed by atoms with E-state index in [0.717, 1.165) is 12.1 Å². The minimum atomic E-state index is -0.298. The van der Waals surface area contributed by atoms with Gasteiger partial charge in [-0.25, -0.2) is 4.39 Å². The summed E-state index contributed by atoms with van der Waals surface area (Å²) in [6, 6.07) is 13.9. The molecule has 3 rings (SSSR count). The Hall–Kier alpha value is -3.09. The number of ether oxygens (including phenoxy) is 1. The predicted octanol–water partition coefficient (Wildman–Crippen LogP) is 2.35. The minimum absolute atomic E-state index is 0.00325. The van der Waals surface area contributed by atoms with Gasteiger partial charge in [-0.2, -0.15) is 0 Å². The van der Waals surface area contributed by atoms with Crippen LogP contribution in [0.3, 0.4) is 0 Å². The number of nitrogens with zero attached hydrogens (tertiary/aromatic N) is 2. The molecule has 2 aromatic carbocycles. The van der Waals surface area contributed by atoms with Crippen LogP contribution in [0.5, 0.6) is 5.75 Å². The van der Waals surface area contributed by atoms with Crippen LogP contribution in [0.2, 0.25) is 0 Å². The van der Waals surface area contributed by atoms with Crippen LogP contribution in [-0.4, -0.2) is 44.7 Å². The number of fused-ring (bicyclic) bond motifs is 1. The fourth-order valence-corrected chi connectivity index (χ4v) is 3.10. The number of aliphatic imine (C=N–C) groups is 1. The van der Waals surface area contributed by atoms with Crippen molar-refractivity contribution in [2.24, 2.45) is 4.99 Å². The first-order valence-electron chi connectivity index (χ1n) is 9.32. The maximum absolute atomic E-state index is 12.9. The van der Waals surface area contributed by atoms with E-state index in [1.54, 1.807) is 24.1 Å². The molecule has 0 bridgehead atoms. The topological polar surface area (TPSA) is 66.0 Å². The molecule has 1 heterocycles. The molecule has 2 N–H and O–H groups in total. The second-order valence-electron chi connectivity index (χ2n) is 6.61. The molecule has 1 atom stereocenters. The van der Waals surface area contributed by atoms with Crippen molar-refractivity contribution in [2.45, 2.75) is 19.4 Å². The average Bonchev–Trinajstić information content (AvgIpc) is 3.14. The monoisotopic (exact) mass is 384 g/mol. The fraction of sp³-hybridized carbons (Fsp3) is 0.333. The number of guanidine groups is 1. The molecule has 0 radical (unpaired) electrons. The van der Waals surface area contributed by atoms with Crippen molar-refractivity contribution in [2.75, 3.05) is 31.6 Å². The number of para-hydroxylation sites is 1. The van der Waals surface area contributed by atoms with Crippen molar-refractivity contribution in [3.63, 3.8) is 0 Å². The molecule has 28 heavy (non-hydrogen) atoms. The highest BCUT2D eigenvalue weighted by Crippen LogP contribution is 2.27. The average molecular weight is 384 g/mol. The van der Waals surface area contributed by atoms with E-state index in [1.165, 1.54) is 17.7 Å². The smallest absolute Gasteiger partial charge is 0.246 e. The van der Waals surface area contributed by atoms with Gasteiger partial charge >= 0.3 is 0 Å². The summed E-state index contributed by atoms with van der Waals surface area (Å²) in [5.74, 6) is 0.827. The van der Waals surface area contributed by atoms with Gasteiger partial charge in [0.15, 0.2) is 5.96 Å². The Morgan fingerprint density at radius 1 is 1.21 bits per heavy atom. The SMILES string of the molecule is CN=C(NCC(=O)N1CCc2ccccc21)NCC(C)Oc1ccc(F)cc1. The van der Waals surface area contributed by atoms with Gasteiger partial charge in [0.2, 0.25) is 5.91 Å². The Kier molecular flexibility index (Phi) is 6.47. The number of hydrogen-bond acceptors (Lipinski definition) is 3. The molecule has 0 saturated heterocycles. The number of amides is 1. The third-order valence-corrected chi connectivity index (χ3v) is 4.53. The highest BCUT2D eigenvalue weighted by molar-refractivity contribution is 5.98. The van der Waals surface area contributed by atoms with E-state index >= 15 is 0 Å². The molecule has 0 spiro atoms. The maximum atomic E-state index is 12.9. The molecule has 1 aliphatic heterocycles. The van der Waals surface area contributed by atoms with E-state index in [9.17, 15) is 9.18 Å². The van der Waals surface area contributed by atoms with Gasteiger partial charge in [0.05, 0.1) is 13.1 Å². The van der Waals surface area contributed by atoms with Crippen molar-refractivity contribution >= 4 is 17.6 Å². The van der Waals surface area contributed by atoms with E-state index in [0.29, 0.717) is 24.8 Å². The summed E-state index contributed by atoms with van der Waals surface area (Å²) in [4.78, 5) is 18.5. The van der Waals surface area contributed by atoms with Gasteiger partial charge in [0, 0.05) is 19.3 Å². The number of benzene rings is 2. The summed E-state index contributed by atoms with van der Waals surface area (Å²) < 4.78 is 18.7. The molecule has 0 aliphatic carbocycles. The summed E-state index contributed by atoms with van der Waals surface area (Å²) in [6.07, 6.45) is 0.720. The van der Waals surface area contributed by atoms with Crippen LogP contribution in [0.1, 0.15) is 12.5 Å². The van der Waals surface area contributed by atoms with E-state index in [2.05, 4.69) is 21.7 Å². The first kappa shape index (κ1) is 19.7. The molecule has 0 fully saturated rings. The number of nitrogens with one attached hydrogen (secondary N) is 2. The Morgan fingerprint density at radius 3 is 2.71 bits per heavy atom. The van der Waals surface area contributed by atoms with Crippen LogP contribution in [0.25, 0.3) is 0 Å². The third kappa shape index (κ3) is 5.00. The van der Waals surface area contributed by atoms with Crippen LogP contribution < -0.4 is 20.3 Å². The first-order valence-corrected chi connectivity index (χ1v) is 9.32. The maximum Gasteiger partial charge on any atom is 0.246 e. The quantitative estimate of drug-likeness (QED) is 0.593. The van der Waals surface area contributed by atoms with Crippen LogP contribution in [0.4, 0.5) is 10.1 Å². The second kappa shape index (κ2) is 9.21. The molecule has 1 unspecified atom stereocenters. The van der Waals surface area contributed by atoms with Gasteiger partial charge < -0.3 is 20.3 Å². The molecular formula is C21H25FN4O2. The standard InChI is InChI=1S/C21H25FN4O2/c1-15(28-18-9-7-17(22)8-10-18)13-24-21(23-2)25-14-20(27)26-12-11-16-5-3-4-6-19(16)26/h3-10,15H,11-14H2,1-2H3,(H2,23,24,25). The highest BCUT2D eigenvalue weighted by atomic mass is 19.1. The first-order chi connectivity index (χ1) is 13.6. The van der Waals surface area contributed by atoms with Crippen molar-refractivity contribution in [1.82, 2.24) is 10.6 Å². The van der Waals surface area contributed by atoms with Gasteiger partial charge in [-0.15, -0.1) is 0 Å². The molecule has 1 aliphatic rings. The Morgan fingerprint density at radius 2 is 1.96 bits per heavy atom. The van der Waals surface area contributed by atoms with E-state index < -0.39 is 0 Å². The van der Waals surface area contributed by atoms with Gasteiger partial charge in [0.1, 0.15) is 17.7 Å². The molecule has 2 aromatic rings. The largest absolute Gasteiger partial charge is 0.489 e. The van der Waals surface area contributed by atoms with Crippen molar-refractivity contribution < 1.29 is 13.9 Å². The number of rotatable bonds is 6. The second-order valence-corrected chi connectivity index (χ2v) is 6.61. The minimum Gasteiger partial charge on any atom is -0.489 e. The number of carbonyl (C=O) groups excluding carboxylic acids is 1. The summed E-state index contributed by atoms with van der Waals surface area (Å²) in [5.41, 5.74) is 2.18. The lowest BCUT2D eigenvalue weighted by atomic mass is 10.2. The van der Waals surface area contributed by atoms with E-state index in [4.69, 9.17) is 4.74 Å². The zero-order chi connectivity index (χ0) is 19.9. The van der Waals surface area contributed by atoms with Gasteiger partial charge in [-0.3, -0.25) is 9.79 Å². The Bertz CT molecular complexity index is 839. The lowest BCUT2D eigenvalue weighted by Crippen LogP contribution is -2.46. The third-order valence-electron chi connectivity index (χ3n) is 4.53. The van der Waals surface area contributed by atoms with Crippen molar-refractivity contribution in [1.29, 1.82) is 0 Å². The van der Waals surface area contributed by atoms with Gasteiger partial charge in [-0.05, 0) is 49.2 Å². The molecule has 6 nitrogen and oxygen atoms in total. The van der Waals surface area contributed by atoms with Crippen LogP contribution >= 0.6 is 0 Å². The van der Waals surface area contributed by atoms with E-state index in [-0.39, 0.29) is 24.4 Å². The normalized spacial score (nSPS) is 14.4. The number of carbonyl (C=O) groups is 1. The van der Waals surface area contributed by atoms with Crippen molar-refractivity contribution in [3.8, 4) is 5.75 Å². The molecule has 0 aromatic heterocycles. The zero-order valence-electron chi connectivity index (χ0n) is 16.1. The van der Waals surface area contributed by atoms with Gasteiger partial charge in [-0.1, -0.05) is 18.2 Å². The highest BCUT2D eigenvalue weighted by Gasteiger charge is 2.23. The van der Waals surface area contributed by atoms with Gasteiger partial charge in [0.25, 0.3) is 0 Å². The molecule has 0 saturated carbocycles. The fourth-order valence-electron chi connectivity index (χ4n) is 3.10. The predicted molar refractivity (Wildman–Crippen MR) is 108 cm³/mol. The van der Waals surface area contributed by atoms with Crippen molar-refractivity contribution in [3.05, 3.63) is 59.9 Å². The van der Waals surface area contributed by atoms with Crippen LogP contribution in [0, 0.1) is 5.82 Å². The molecular weight excluding hydrogens is 359 g/mol. The number of anilines is 1. The van der Waals surface area contributed by atoms with E-state index in [1.807, 2.05) is 25.1 Å². The number of hydrogen-bond donors (Lipinski definition) is 2. The van der Waals surface area contributed by atoms with Crippen LogP contribution in [0.15, 0.2) is 53.5 Å². The van der Waals surface area contributed by atoms with Crippen LogP contribution in [-0.2, 0) is 11.2 Å². The molecule has 1 amide bonds. The summed E-state index contributed by atoms with van der Waals surface area (Å²) in [6.45, 7) is 3.24. The lowest BCUT2D eigenvalue weighted by Gasteiger charge is -2.20. The Labute approximate surface area is 164 Å². The number of halogens is 1. The molecule has 148 valence electrons. The Balaban J connectivity index is 1.44. The summed E-state index contributed by atoms with van der Waals surface area (Å²) >= 11 is 0. The lowest BCUT2D eigenvalue weighted by molar-refractivity contribution is -0.117.